The van der Waals surface area contributed by atoms with Gasteiger partial charge in [-0.05, 0) is 34.1 Å². The Morgan fingerprint density at radius 1 is 1.09 bits per heavy atom. The highest BCUT2D eigenvalue weighted by Crippen LogP contribution is 2.38. The molecule has 2 aromatic carbocycles. The van der Waals surface area contributed by atoms with Gasteiger partial charge in [0.15, 0.2) is 11.5 Å². The predicted molar refractivity (Wildman–Crippen MR) is 89.5 cm³/mol. The summed E-state index contributed by atoms with van der Waals surface area (Å²) < 4.78 is 11.7. The molecule has 0 saturated heterocycles. The van der Waals surface area contributed by atoms with Crippen LogP contribution in [0.2, 0.25) is 10.0 Å². The number of hydrogen-bond acceptors (Lipinski definition) is 3. The highest BCUT2D eigenvalue weighted by Gasteiger charge is 2.17. The molecule has 3 rings (SSSR count). The topological polar surface area (TPSA) is 47.6 Å². The fourth-order valence-corrected chi connectivity index (χ4v) is 2.94. The molecule has 7 heteroatoms. The van der Waals surface area contributed by atoms with Crippen LogP contribution in [0.25, 0.3) is 0 Å². The second-order valence-electron chi connectivity index (χ2n) is 4.55. The van der Waals surface area contributed by atoms with Crippen LogP contribution in [0, 0.1) is 0 Å². The summed E-state index contributed by atoms with van der Waals surface area (Å²) in [7, 11) is 0. The Labute approximate surface area is 145 Å². The number of anilines is 1. The number of carbonyl (C=O) groups excluding carboxylic acids is 1. The molecule has 1 N–H and O–H groups in total. The minimum atomic E-state index is -0.334. The minimum absolute atomic E-state index is 0.290. The summed E-state index contributed by atoms with van der Waals surface area (Å²) in [6.45, 7) is 0.983. The first-order valence-corrected chi connectivity index (χ1v) is 7.95. The maximum atomic E-state index is 12.3. The number of nitrogens with one attached hydrogen (secondary N) is 1. The Bertz CT molecular complexity index is 752. The van der Waals surface area contributed by atoms with Crippen molar-refractivity contribution in [1.82, 2.24) is 0 Å². The van der Waals surface area contributed by atoms with E-state index in [9.17, 15) is 4.79 Å². The van der Waals surface area contributed by atoms with Gasteiger partial charge in [-0.2, -0.15) is 0 Å². The third kappa shape index (κ3) is 3.16. The van der Waals surface area contributed by atoms with Crippen LogP contribution in [0.4, 0.5) is 5.69 Å². The second-order valence-corrected chi connectivity index (χ2v) is 6.25. The summed E-state index contributed by atoms with van der Waals surface area (Å²) in [6, 6.07) is 8.18. The van der Waals surface area contributed by atoms with Crippen molar-refractivity contribution in [1.29, 1.82) is 0 Å². The fraction of sp³-hybridized carbons (Fsp3) is 0.133. The van der Waals surface area contributed by atoms with Crippen LogP contribution in [0.5, 0.6) is 11.5 Å². The van der Waals surface area contributed by atoms with Crippen molar-refractivity contribution in [2.24, 2.45) is 0 Å². The van der Waals surface area contributed by atoms with Crippen LogP contribution in [0.1, 0.15) is 10.4 Å². The van der Waals surface area contributed by atoms with Crippen molar-refractivity contribution in [3.05, 3.63) is 50.4 Å². The third-order valence-corrected chi connectivity index (χ3v) is 4.26. The van der Waals surface area contributed by atoms with Gasteiger partial charge < -0.3 is 14.8 Å². The van der Waals surface area contributed by atoms with Gasteiger partial charge in [-0.3, -0.25) is 4.79 Å². The molecule has 4 nitrogen and oxygen atoms in total. The molecule has 0 aromatic heterocycles. The molecule has 22 heavy (non-hydrogen) atoms. The van der Waals surface area contributed by atoms with E-state index in [2.05, 4.69) is 21.2 Å². The molecule has 0 fully saturated rings. The summed E-state index contributed by atoms with van der Waals surface area (Å²) >= 11 is 15.3. The number of hydrogen-bond donors (Lipinski definition) is 1. The summed E-state index contributed by atoms with van der Waals surface area (Å²) in [5.41, 5.74) is 0.910. The van der Waals surface area contributed by atoms with Gasteiger partial charge in [0.05, 0.1) is 16.3 Å². The lowest BCUT2D eigenvalue weighted by atomic mass is 10.2. The first-order valence-electron chi connectivity index (χ1n) is 6.40. The van der Waals surface area contributed by atoms with E-state index in [4.69, 9.17) is 32.7 Å². The van der Waals surface area contributed by atoms with Gasteiger partial charge in [0.1, 0.15) is 13.2 Å². The van der Waals surface area contributed by atoms with E-state index in [0.717, 1.165) is 0 Å². The predicted octanol–water partition coefficient (Wildman–Crippen LogP) is 4.78. The van der Waals surface area contributed by atoms with Gasteiger partial charge in [-0.25, -0.2) is 0 Å². The van der Waals surface area contributed by atoms with Crippen LogP contribution in [0.15, 0.2) is 34.8 Å². The molecule has 0 radical (unpaired) electrons. The standard InChI is InChI=1S/C15H10BrCl2NO3/c16-10-6-13-14(22-4-3-21-13)7-12(10)19-15(20)9-2-1-8(17)5-11(9)18/h1-2,5-7H,3-4H2,(H,19,20). The van der Waals surface area contributed by atoms with Crippen LogP contribution < -0.4 is 14.8 Å². The van der Waals surface area contributed by atoms with Crippen molar-refractivity contribution in [3.63, 3.8) is 0 Å². The Kier molecular flexibility index (Phi) is 4.47. The van der Waals surface area contributed by atoms with Crippen molar-refractivity contribution < 1.29 is 14.3 Å². The average Bonchev–Trinajstić information content (AvgIpc) is 2.47. The van der Waals surface area contributed by atoms with Gasteiger partial charge in [0, 0.05) is 21.6 Å². The number of rotatable bonds is 2. The summed E-state index contributed by atoms with van der Waals surface area (Å²) in [4.78, 5) is 12.3. The van der Waals surface area contributed by atoms with Crippen LogP contribution in [-0.2, 0) is 0 Å². The molecular weight excluding hydrogens is 393 g/mol. The van der Waals surface area contributed by atoms with Crippen molar-refractivity contribution in [2.45, 2.75) is 0 Å². The Morgan fingerprint density at radius 2 is 1.77 bits per heavy atom. The van der Waals surface area contributed by atoms with Gasteiger partial charge >= 0.3 is 0 Å². The van der Waals surface area contributed by atoms with Crippen molar-refractivity contribution in [3.8, 4) is 11.5 Å². The lowest BCUT2D eigenvalue weighted by molar-refractivity contribution is 0.102. The highest BCUT2D eigenvalue weighted by atomic mass is 79.9. The smallest absolute Gasteiger partial charge is 0.257 e. The number of amides is 1. The van der Waals surface area contributed by atoms with Gasteiger partial charge in [0.2, 0.25) is 0 Å². The van der Waals surface area contributed by atoms with Gasteiger partial charge in [-0.1, -0.05) is 23.2 Å². The average molecular weight is 403 g/mol. The van der Waals surface area contributed by atoms with Gasteiger partial charge in [0.25, 0.3) is 5.91 Å². The Hall–Kier alpha value is -1.43. The van der Waals surface area contributed by atoms with Gasteiger partial charge in [-0.15, -0.1) is 0 Å². The Balaban J connectivity index is 1.87. The molecule has 0 saturated carbocycles. The fourth-order valence-electron chi connectivity index (χ4n) is 2.02. The summed E-state index contributed by atoms with van der Waals surface area (Å²) in [6.07, 6.45) is 0. The van der Waals surface area contributed by atoms with E-state index < -0.39 is 0 Å². The molecule has 1 heterocycles. The largest absolute Gasteiger partial charge is 0.486 e. The molecule has 0 bridgehead atoms. The highest BCUT2D eigenvalue weighted by molar-refractivity contribution is 9.10. The minimum Gasteiger partial charge on any atom is -0.486 e. The van der Waals surface area contributed by atoms with E-state index in [0.29, 0.717) is 50.5 Å². The van der Waals surface area contributed by atoms with Crippen LogP contribution in [-0.4, -0.2) is 19.1 Å². The molecule has 0 unspecified atom stereocenters. The number of benzene rings is 2. The normalized spacial score (nSPS) is 12.9. The molecule has 1 aliphatic heterocycles. The number of halogens is 3. The lowest BCUT2D eigenvalue weighted by Gasteiger charge is -2.20. The second kappa shape index (κ2) is 6.36. The molecule has 114 valence electrons. The molecule has 0 atom stereocenters. The number of ether oxygens (including phenoxy) is 2. The van der Waals surface area contributed by atoms with Crippen molar-refractivity contribution >= 4 is 50.7 Å². The third-order valence-electron chi connectivity index (χ3n) is 3.06. The number of carbonyl (C=O) groups is 1. The molecule has 2 aromatic rings. The molecule has 0 aliphatic carbocycles. The first kappa shape index (κ1) is 15.5. The summed E-state index contributed by atoms with van der Waals surface area (Å²) in [5, 5.41) is 3.55. The first-order chi connectivity index (χ1) is 10.5. The number of fused-ring (bicyclic) bond motifs is 1. The van der Waals surface area contributed by atoms with Crippen molar-refractivity contribution in [2.75, 3.05) is 18.5 Å². The monoisotopic (exact) mass is 401 g/mol. The van der Waals surface area contributed by atoms with E-state index in [1.807, 2.05) is 0 Å². The summed E-state index contributed by atoms with van der Waals surface area (Å²) in [5.74, 6) is 0.895. The van der Waals surface area contributed by atoms with E-state index in [-0.39, 0.29) is 5.91 Å². The molecule has 1 amide bonds. The Morgan fingerprint density at radius 3 is 2.45 bits per heavy atom. The van der Waals surface area contributed by atoms with E-state index in [1.165, 1.54) is 6.07 Å². The molecule has 0 spiro atoms. The maximum Gasteiger partial charge on any atom is 0.257 e. The quantitative estimate of drug-likeness (QED) is 0.786. The maximum absolute atomic E-state index is 12.3. The zero-order chi connectivity index (χ0) is 15.7. The molecular formula is C15H10BrCl2NO3. The van der Waals surface area contributed by atoms with Crippen LogP contribution in [0.3, 0.4) is 0 Å². The van der Waals surface area contributed by atoms with E-state index >= 15 is 0 Å². The SMILES string of the molecule is O=C(Nc1cc2c(cc1Br)OCCO2)c1ccc(Cl)cc1Cl. The molecule has 1 aliphatic rings. The van der Waals surface area contributed by atoms with E-state index in [1.54, 1.807) is 24.3 Å². The lowest BCUT2D eigenvalue weighted by Crippen LogP contribution is -2.17. The zero-order valence-corrected chi connectivity index (χ0v) is 14.3. The zero-order valence-electron chi connectivity index (χ0n) is 11.2. The van der Waals surface area contributed by atoms with Crippen LogP contribution >= 0.6 is 39.1 Å².